The molecule has 29 heavy (non-hydrogen) atoms. The Morgan fingerprint density at radius 2 is 1.76 bits per heavy atom. The molecule has 1 aliphatic carbocycles. The van der Waals surface area contributed by atoms with Gasteiger partial charge in [-0.1, -0.05) is 70.9 Å². The predicted molar refractivity (Wildman–Crippen MR) is 120 cm³/mol. The molecular formula is C25H42O4. The molecule has 1 aromatic carbocycles. The van der Waals surface area contributed by atoms with Gasteiger partial charge in [0.15, 0.2) is 0 Å². The second-order valence-corrected chi connectivity index (χ2v) is 8.32. The summed E-state index contributed by atoms with van der Waals surface area (Å²) in [5.74, 6) is 1.02. The number of carboxylic acids is 1. The van der Waals surface area contributed by atoms with Gasteiger partial charge in [0.25, 0.3) is 0 Å². The maximum atomic E-state index is 10.2. The minimum atomic E-state index is -0.675. The number of aliphatic hydroxyl groups excluding tert-OH is 1. The number of ether oxygens (including phenoxy) is 1. The number of aryl methyl sites for hydroxylation is 1. The lowest BCUT2D eigenvalue weighted by Gasteiger charge is -2.22. The van der Waals surface area contributed by atoms with E-state index in [4.69, 9.17) is 9.84 Å². The van der Waals surface area contributed by atoms with Crippen molar-refractivity contribution < 1.29 is 19.7 Å². The summed E-state index contributed by atoms with van der Waals surface area (Å²) in [4.78, 5) is 9.96. The van der Waals surface area contributed by atoms with E-state index in [1.165, 1.54) is 37.7 Å². The van der Waals surface area contributed by atoms with E-state index in [0.29, 0.717) is 6.42 Å². The molecule has 4 heteroatoms. The molecule has 1 saturated carbocycles. The molecule has 0 radical (unpaired) electrons. The van der Waals surface area contributed by atoms with Gasteiger partial charge in [-0.3, -0.25) is 4.79 Å². The molecule has 166 valence electrons. The monoisotopic (exact) mass is 406 g/mol. The van der Waals surface area contributed by atoms with Gasteiger partial charge in [-0.2, -0.15) is 0 Å². The molecule has 4 nitrogen and oxygen atoms in total. The molecule has 1 fully saturated rings. The summed E-state index contributed by atoms with van der Waals surface area (Å²) in [5.41, 5.74) is 1.31. The Bertz CT molecular complexity index is 534. The highest BCUT2D eigenvalue weighted by Crippen LogP contribution is 2.29. The van der Waals surface area contributed by atoms with E-state index in [2.05, 4.69) is 26.0 Å². The molecule has 2 N–H and O–H groups in total. The van der Waals surface area contributed by atoms with Gasteiger partial charge in [-0.25, -0.2) is 0 Å². The zero-order valence-electron chi connectivity index (χ0n) is 18.7. The highest BCUT2D eigenvalue weighted by molar-refractivity contribution is 5.66. The van der Waals surface area contributed by atoms with Crippen LogP contribution < -0.4 is 4.74 Å². The Balaban J connectivity index is 0.000000396. The lowest BCUT2D eigenvalue weighted by atomic mass is 9.98. The van der Waals surface area contributed by atoms with Crippen LogP contribution in [0.4, 0.5) is 0 Å². The summed E-state index contributed by atoms with van der Waals surface area (Å²) in [7, 11) is 0. The molecule has 2 rings (SSSR count). The van der Waals surface area contributed by atoms with Crippen molar-refractivity contribution in [3.8, 4) is 5.75 Å². The van der Waals surface area contributed by atoms with E-state index in [1.54, 1.807) is 0 Å². The van der Waals surface area contributed by atoms with Crippen molar-refractivity contribution in [3.63, 3.8) is 0 Å². The second kappa shape index (κ2) is 15.3. The van der Waals surface area contributed by atoms with Crippen molar-refractivity contribution in [3.05, 3.63) is 29.8 Å². The summed E-state index contributed by atoms with van der Waals surface area (Å²) in [5, 5.41) is 18.4. The van der Waals surface area contributed by atoms with E-state index in [9.17, 15) is 9.90 Å². The number of rotatable bonds is 12. The molecule has 1 aromatic rings. The normalized spacial score (nSPS) is 16.0. The van der Waals surface area contributed by atoms with Gasteiger partial charge in [-0.05, 0) is 56.2 Å². The van der Waals surface area contributed by atoms with Crippen LogP contribution in [0.5, 0.6) is 5.75 Å². The van der Waals surface area contributed by atoms with Crippen LogP contribution in [0.25, 0.3) is 0 Å². The van der Waals surface area contributed by atoms with Crippen molar-refractivity contribution >= 4 is 5.97 Å². The topological polar surface area (TPSA) is 66.8 Å². The van der Waals surface area contributed by atoms with Gasteiger partial charge in [0, 0.05) is 6.42 Å². The quantitative estimate of drug-likeness (QED) is 0.395. The van der Waals surface area contributed by atoms with E-state index < -0.39 is 5.97 Å². The third kappa shape index (κ3) is 11.9. The van der Waals surface area contributed by atoms with Crippen molar-refractivity contribution in [2.45, 2.75) is 110 Å². The number of benzene rings is 1. The summed E-state index contributed by atoms with van der Waals surface area (Å²) in [6.07, 6.45) is 12.5. The largest absolute Gasteiger partial charge is 0.488 e. The van der Waals surface area contributed by atoms with E-state index in [1.807, 2.05) is 19.1 Å². The standard InChI is InChI=1S/C18H28O2.C7H14O2/c1-3-15-8-11-17(12-9-15)20-14(2)18(19)13-10-16-6-4-5-7-16;1-2-3-4-5-6-7(8)9/h8-9,11-12,14,16,18-19H,3-7,10,13H2,1-2H3;2-6H2,1H3,(H,8,9). The van der Waals surface area contributed by atoms with Crippen molar-refractivity contribution in [2.75, 3.05) is 0 Å². The zero-order chi connectivity index (χ0) is 21.5. The molecule has 0 saturated heterocycles. The molecule has 2 atom stereocenters. The zero-order valence-corrected chi connectivity index (χ0v) is 18.7. The number of unbranched alkanes of at least 4 members (excludes halogenated alkanes) is 3. The maximum Gasteiger partial charge on any atom is 0.303 e. The fourth-order valence-corrected chi connectivity index (χ4v) is 3.74. The number of aliphatic carboxylic acids is 1. The van der Waals surface area contributed by atoms with Gasteiger partial charge in [0.2, 0.25) is 0 Å². The minimum Gasteiger partial charge on any atom is -0.488 e. The minimum absolute atomic E-state index is 0.135. The Kier molecular flexibility index (Phi) is 13.5. The Morgan fingerprint density at radius 3 is 2.31 bits per heavy atom. The van der Waals surface area contributed by atoms with Crippen molar-refractivity contribution in [2.24, 2.45) is 5.92 Å². The molecule has 0 amide bonds. The van der Waals surface area contributed by atoms with Gasteiger partial charge >= 0.3 is 5.97 Å². The molecule has 0 aromatic heterocycles. The molecule has 1 aliphatic rings. The van der Waals surface area contributed by atoms with Crippen LogP contribution in [-0.4, -0.2) is 28.4 Å². The molecule has 2 unspecified atom stereocenters. The number of aliphatic hydroxyl groups is 1. The predicted octanol–water partition coefficient (Wildman–Crippen LogP) is 6.39. The second-order valence-electron chi connectivity index (χ2n) is 8.32. The van der Waals surface area contributed by atoms with E-state index in [-0.39, 0.29) is 12.2 Å². The first-order chi connectivity index (χ1) is 14.0. The highest BCUT2D eigenvalue weighted by atomic mass is 16.5. The summed E-state index contributed by atoms with van der Waals surface area (Å²) in [6, 6.07) is 8.18. The van der Waals surface area contributed by atoms with Gasteiger partial charge in [0.1, 0.15) is 11.9 Å². The van der Waals surface area contributed by atoms with Crippen LogP contribution in [0.1, 0.15) is 97.0 Å². The van der Waals surface area contributed by atoms with Crippen LogP contribution in [-0.2, 0) is 11.2 Å². The summed E-state index contributed by atoms with van der Waals surface area (Å²) < 4.78 is 5.84. The first-order valence-electron chi connectivity index (χ1n) is 11.6. The smallest absolute Gasteiger partial charge is 0.303 e. The van der Waals surface area contributed by atoms with Crippen LogP contribution >= 0.6 is 0 Å². The summed E-state index contributed by atoms with van der Waals surface area (Å²) >= 11 is 0. The number of hydrogen-bond acceptors (Lipinski definition) is 3. The highest BCUT2D eigenvalue weighted by Gasteiger charge is 2.20. The fraction of sp³-hybridized carbons (Fsp3) is 0.720. The van der Waals surface area contributed by atoms with Crippen LogP contribution in [0, 0.1) is 5.92 Å². The molecule has 0 spiro atoms. The number of carboxylic acid groups (broad SMARTS) is 1. The van der Waals surface area contributed by atoms with Crippen LogP contribution in [0.3, 0.4) is 0 Å². The molecule has 0 heterocycles. The first-order valence-corrected chi connectivity index (χ1v) is 11.6. The lowest BCUT2D eigenvalue weighted by Crippen LogP contribution is -2.29. The fourth-order valence-electron chi connectivity index (χ4n) is 3.74. The summed E-state index contributed by atoms with van der Waals surface area (Å²) in [6.45, 7) is 6.22. The Hall–Kier alpha value is -1.55. The van der Waals surface area contributed by atoms with E-state index >= 15 is 0 Å². The van der Waals surface area contributed by atoms with Gasteiger partial charge in [-0.15, -0.1) is 0 Å². The SMILES string of the molecule is CCCCCCC(=O)O.CCc1ccc(OC(C)C(O)CCC2CCCC2)cc1. The molecule has 0 bridgehead atoms. The Morgan fingerprint density at radius 1 is 1.10 bits per heavy atom. The third-order valence-corrected chi connectivity index (χ3v) is 5.79. The van der Waals surface area contributed by atoms with Gasteiger partial charge in [0.05, 0.1) is 6.10 Å². The van der Waals surface area contributed by atoms with E-state index in [0.717, 1.165) is 50.2 Å². The first kappa shape index (κ1) is 25.5. The number of hydrogen-bond donors (Lipinski definition) is 2. The Labute approximate surface area is 177 Å². The number of carbonyl (C=O) groups is 1. The molecule has 0 aliphatic heterocycles. The average Bonchev–Trinajstić information content (AvgIpc) is 3.24. The van der Waals surface area contributed by atoms with Gasteiger partial charge < -0.3 is 14.9 Å². The lowest BCUT2D eigenvalue weighted by molar-refractivity contribution is -0.137. The average molecular weight is 407 g/mol. The van der Waals surface area contributed by atoms with Crippen molar-refractivity contribution in [1.82, 2.24) is 0 Å². The van der Waals surface area contributed by atoms with Crippen LogP contribution in [0.2, 0.25) is 0 Å². The third-order valence-electron chi connectivity index (χ3n) is 5.79. The maximum absolute atomic E-state index is 10.2. The molecular weight excluding hydrogens is 364 g/mol. The van der Waals surface area contributed by atoms with Crippen LogP contribution in [0.15, 0.2) is 24.3 Å². The van der Waals surface area contributed by atoms with Crippen molar-refractivity contribution in [1.29, 1.82) is 0 Å².